The second kappa shape index (κ2) is 8.50. The van der Waals surface area contributed by atoms with Crippen molar-refractivity contribution in [3.63, 3.8) is 0 Å². The van der Waals surface area contributed by atoms with Crippen LogP contribution in [0.2, 0.25) is 0 Å². The van der Waals surface area contributed by atoms with Gasteiger partial charge in [0.1, 0.15) is 0 Å². The minimum absolute atomic E-state index is 0. The third-order valence-corrected chi connectivity index (χ3v) is 3.73. The predicted molar refractivity (Wildman–Crippen MR) is 75.8 cm³/mol. The van der Waals surface area contributed by atoms with Gasteiger partial charge in [-0.1, -0.05) is 6.07 Å². The van der Waals surface area contributed by atoms with Crippen molar-refractivity contribution in [3.8, 4) is 0 Å². The van der Waals surface area contributed by atoms with E-state index in [4.69, 9.17) is 5.73 Å². The largest absolute Gasteiger partial charge is 0.342 e. The van der Waals surface area contributed by atoms with Gasteiger partial charge in [-0.3, -0.25) is 4.79 Å². The van der Waals surface area contributed by atoms with E-state index in [-0.39, 0.29) is 24.4 Å². The van der Waals surface area contributed by atoms with Crippen molar-refractivity contribution in [1.29, 1.82) is 0 Å². The van der Waals surface area contributed by atoms with Crippen LogP contribution in [0.1, 0.15) is 24.6 Å². The molecule has 1 aromatic heterocycles. The van der Waals surface area contributed by atoms with Gasteiger partial charge in [-0.15, -0.1) is 23.7 Å². The molecule has 0 bridgehead atoms. The van der Waals surface area contributed by atoms with Gasteiger partial charge < -0.3 is 10.6 Å². The maximum absolute atomic E-state index is 11.7. The third-order valence-electron chi connectivity index (χ3n) is 2.79. The fourth-order valence-electron chi connectivity index (χ4n) is 1.45. The number of nitrogens with two attached hydrogens (primary N) is 1. The van der Waals surface area contributed by atoms with E-state index in [1.165, 1.54) is 4.88 Å². The third kappa shape index (κ3) is 5.52. The van der Waals surface area contributed by atoms with Gasteiger partial charge in [0.05, 0.1) is 0 Å². The summed E-state index contributed by atoms with van der Waals surface area (Å²) in [6, 6.07) is 4.29. The molecule has 1 unspecified atom stereocenters. The number of halogens is 1. The quantitative estimate of drug-likeness (QED) is 0.867. The lowest BCUT2D eigenvalue weighted by molar-refractivity contribution is -0.131. The number of hydrogen-bond donors (Lipinski definition) is 1. The Kier molecular flexibility index (Phi) is 8.21. The summed E-state index contributed by atoms with van der Waals surface area (Å²) in [6.07, 6.45) is 2.52. The molecule has 0 aliphatic carbocycles. The van der Waals surface area contributed by atoms with E-state index in [1.807, 2.05) is 20.0 Å². The van der Waals surface area contributed by atoms with Crippen LogP contribution in [0.4, 0.5) is 0 Å². The van der Waals surface area contributed by atoms with E-state index in [2.05, 4.69) is 11.4 Å². The van der Waals surface area contributed by atoms with Gasteiger partial charge >= 0.3 is 0 Å². The van der Waals surface area contributed by atoms with Gasteiger partial charge in [0.15, 0.2) is 0 Å². The maximum Gasteiger partial charge on any atom is 0.222 e. The molecule has 0 saturated carbocycles. The lowest BCUT2D eigenvalue weighted by atomic mass is 10.2. The van der Waals surface area contributed by atoms with E-state index in [9.17, 15) is 4.79 Å². The molecule has 0 saturated heterocycles. The average molecular weight is 277 g/mol. The Morgan fingerprint density at radius 1 is 1.59 bits per heavy atom. The van der Waals surface area contributed by atoms with Gasteiger partial charge in [-0.05, 0) is 31.2 Å². The van der Waals surface area contributed by atoms with Crippen molar-refractivity contribution in [2.75, 3.05) is 13.6 Å². The van der Waals surface area contributed by atoms with Crippen LogP contribution in [0.15, 0.2) is 17.5 Å². The Morgan fingerprint density at radius 2 is 2.29 bits per heavy atom. The van der Waals surface area contributed by atoms with E-state index in [1.54, 1.807) is 16.2 Å². The smallest absolute Gasteiger partial charge is 0.222 e. The highest BCUT2D eigenvalue weighted by Gasteiger charge is 2.13. The van der Waals surface area contributed by atoms with E-state index in [0.717, 1.165) is 12.8 Å². The lowest BCUT2D eigenvalue weighted by Crippen LogP contribution is -2.39. The molecule has 1 rings (SSSR count). The first-order valence-electron chi connectivity index (χ1n) is 5.63. The van der Waals surface area contributed by atoms with Crippen LogP contribution in [-0.2, 0) is 11.2 Å². The summed E-state index contributed by atoms with van der Waals surface area (Å²) in [5, 5.41) is 2.07. The molecule has 1 heterocycles. The summed E-state index contributed by atoms with van der Waals surface area (Å²) >= 11 is 1.75. The topological polar surface area (TPSA) is 46.3 Å². The number of aryl methyl sites for hydroxylation is 1. The maximum atomic E-state index is 11.7. The SMILES string of the molecule is CC(CN)N(C)C(=O)CCCc1cccs1.Cl. The number of rotatable bonds is 6. The Hall–Kier alpha value is -0.580. The zero-order chi connectivity index (χ0) is 12.0. The molecule has 2 N–H and O–H groups in total. The zero-order valence-corrected chi connectivity index (χ0v) is 12.0. The highest BCUT2D eigenvalue weighted by Crippen LogP contribution is 2.12. The van der Waals surface area contributed by atoms with Gasteiger partial charge in [-0.2, -0.15) is 0 Å². The molecule has 0 aliphatic rings. The van der Waals surface area contributed by atoms with Crippen LogP contribution >= 0.6 is 23.7 Å². The number of likely N-dealkylation sites (N-methyl/N-ethyl adjacent to an activating group) is 1. The minimum atomic E-state index is 0. The first-order chi connectivity index (χ1) is 7.65. The molecule has 1 atom stereocenters. The molecule has 5 heteroatoms. The number of nitrogens with zero attached hydrogens (tertiary/aromatic N) is 1. The summed E-state index contributed by atoms with van der Waals surface area (Å²) < 4.78 is 0. The predicted octanol–water partition coefficient (Wildman–Crippen LogP) is 2.30. The van der Waals surface area contributed by atoms with Crippen molar-refractivity contribution in [2.24, 2.45) is 5.73 Å². The van der Waals surface area contributed by atoms with E-state index >= 15 is 0 Å². The molecule has 1 aromatic rings. The summed E-state index contributed by atoms with van der Waals surface area (Å²) in [4.78, 5) is 14.8. The normalized spacial score (nSPS) is 11.7. The van der Waals surface area contributed by atoms with Crippen LogP contribution < -0.4 is 5.73 Å². The number of carbonyl (C=O) groups is 1. The fraction of sp³-hybridized carbons (Fsp3) is 0.583. The molecule has 0 fully saturated rings. The molecule has 0 aromatic carbocycles. The van der Waals surface area contributed by atoms with Crippen molar-refractivity contribution < 1.29 is 4.79 Å². The number of carbonyl (C=O) groups excluding carboxylic acids is 1. The van der Waals surface area contributed by atoms with Gasteiger partial charge in [-0.25, -0.2) is 0 Å². The molecule has 98 valence electrons. The van der Waals surface area contributed by atoms with E-state index in [0.29, 0.717) is 13.0 Å². The first-order valence-corrected chi connectivity index (χ1v) is 6.51. The Bertz CT molecular complexity index is 316. The summed E-state index contributed by atoms with van der Waals surface area (Å²) in [5.41, 5.74) is 5.52. The highest BCUT2D eigenvalue weighted by molar-refractivity contribution is 7.09. The number of thiophene rings is 1. The van der Waals surface area contributed by atoms with E-state index < -0.39 is 0 Å². The summed E-state index contributed by atoms with van der Waals surface area (Å²) in [7, 11) is 1.82. The molecule has 0 radical (unpaired) electrons. The number of amides is 1. The molecule has 3 nitrogen and oxygen atoms in total. The van der Waals surface area contributed by atoms with Gasteiger partial charge in [0, 0.05) is 30.9 Å². The van der Waals surface area contributed by atoms with Gasteiger partial charge in [0.25, 0.3) is 0 Å². The summed E-state index contributed by atoms with van der Waals surface area (Å²) in [6.45, 7) is 2.49. The van der Waals surface area contributed by atoms with Crippen LogP contribution in [0.5, 0.6) is 0 Å². The molecule has 0 aliphatic heterocycles. The molecular formula is C12H21ClN2OS. The van der Waals surface area contributed by atoms with Crippen LogP contribution in [0.25, 0.3) is 0 Å². The second-order valence-electron chi connectivity index (χ2n) is 4.02. The van der Waals surface area contributed by atoms with Crippen molar-refractivity contribution in [3.05, 3.63) is 22.4 Å². The fourth-order valence-corrected chi connectivity index (χ4v) is 2.20. The first kappa shape index (κ1) is 16.4. The Labute approximate surface area is 113 Å². The molecular weight excluding hydrogens is 256 g/mol. The monoisotopic (exact) mass is 276 g/mol. The lowest BCUT2D eigenvalue weighted by Gasteiger charge is -2.23. The second-order valence-corrected chi connectivity index (χ2v) is 5.05. The highest BCUT2D eigenvalue weighted by atomic mass is 35.5. The minimum Gasteiger partial charge on any atom is -0.342 e. The van der Waals surface area contributed by atoms with Crippen molar-refractivity contribution >= 4 is 29.7 Å². The Balaban J connectivity index is 0.00000256. The van der Waals surface area contributed by atoms with Crippen molar-refractivity contribution in [1.82, 2.24) is 4.90 Å². The van der Waals surface area contributed by atoms with Crippen LogP contribution in [0.3, 0.4) is 0 Å². The Morgan fingerprint density at radius 3 is 2.82 bits per heavy atom. The van der Waals surface area contributed by atoms with Crippen LogP contribution in [-0.4, -0.2) is 30.4 Å². The molecule has 17 heavy (non-hydrogen) atoms. The number of hydrogen-bond acceptors (Lipinski definition) is 3. The van der Waals surface area contributed by atoms with Gasteiger partial charge in [0.2, 0.25) is 5.91 Å². The van der Waals surface area contributed by atoms with Crippen molar-refractivity contribution in [2.45, 2.75) is 32.2 Å². The molecule has 1 amide bonds. The molecule has 0 spiro atoms. The van der Waals surface area contributed by atoms with Crippen LogP contribution in [0, 0.1) is 0 Å². The standard InChI is InChI=1S/C12H20N2OS.ClH/c1-10(9-13)14(2)12(15)7-3-5-11-6-4-8-16-11;/h4,6,8,10H,3,5,7,9,13H2,1-2H3;1H. The average Bonchev–Trinajstić information content (AvgIpc) is 2.79. The summed E-state index contributed by atoms with van der Waals surface area (Å²) in [5.74, 6) is 0.189. The zero-order valence-electron chi connectivity index (χ0n) is 10.4.